The quantitative estimate of drug-likeness (QED) is 0.634. The van der Waals surface area contributed by atoms with Crippen LogP contribution in [0.1, 0.15) is 6.42 Å². The number of nitrogen functional groups attached to an aromatic ring is 1. The number of rotatable bonds is 4. The third-order valence-corrected chi connectivity index (χ3v) is 6.84. The summed E-state index contributed by atoms with van der Waals surface area (Å²) in [7, 11) is -3.74. The SMILES string of the molecule is Nc1cnc(-c2ccc(-c3ccccc3S(=O)(=O)N3CC[C@H](N)C3)cc2F)cn1.S. The predicted molar refractivity (Wildman–Crippen MR) is 119 cm³/mol. The molecule has 2 aromatic carbocycles. The lowest BCUT2D eigenvalue weighted by atomic mass is 10.0. The fourth-order valence-electron chi connectivity index (χ4n) is 3.41. The zero-order valence-corrected chi connectivity index (χ0v) is 17.8. The van der Waals surface area contributed by atoms with Gasteiger partial charge in [0.05, 0.1) is 23.0 Å². The van der Waals surface area contributed by atoms with E-state index in [-0.39, 0.29) is 42.4 Å². The van der Waals surface area contributed by atoms with Gasteiger partial charge in [0, 0.05) is 30.3 Å². The number of nitrogens with two attached hydrogens (primary N) is 2. The molecule has 1 fully saturated rings. The fraction of sp³-hybridized carbons (Fsp3) is 0.200. The topological polar surface area (TPSA) is 115 Å². The highest BCUT2D eigenvalue weighted by Gasteiger charge is 2.32. The van der Waals surface area contributed by atoms with Crippen LogP contribution in [-0.4, -0.2) is 41.8 Å². The first kappa shape index (κ1) is 22.2. The molecular formula is C20H22FN5O2S2. The van der Waals surface area contributed by atoms with Crippen molar-refractivity contribution in [3.05, 3.63) is 60.7 Å². The second-order valence-corrected chi connectivity index (χ2v) is 8.84. The van der Waals surface area contributed by atoms with Gasteiger partial charge in [-0.1, -0.05) is 24.3 Å². The number of hydrogen-bond donors (Lipinski definition) is 2. The molecule has 0 bridgehead atoms. The van der Waals surface area contributed by atoms with Gasteiger partial charge < -0.3 is 11.5 Å². The normalized spacial score (nSPS) is 16.9. The second kappa shape index (κ2) is 8.68. The molecule has 10 heteroatoms. The first-order valence-corrected chi connectivity index (χ1v) is 10.5. The van der Waals surface area contributed by atoms with Crippen LogP contribution < -0.4 is 11.5 Å². The van der Waals surface area contributed by atoms with Crippen LogP contribution in [0.3, 0.4) is 0 Å². The summed E-state index contributed by atoms with van der Waals surface area (Å²) in [6, 6.07) is 10.9. The Balaban J connectivity index is 0.00000256. The van der Waals surface area contributed by atoms with E-state index in [4.69, 9.17) is 11.5 Å². The second-order valence-electron chi connectivity index (χ2n) is 6.93. The predicted octanol–water partition coefficient (Wildman–Crippen LogP) is 2.37. The summed E-state index contributed by atoms with van der Waals surface area (Å²) in [5.74, 6) is -0.288. The molecule has 1 atom stereocenters. The lowest BCUT2D eigenvalue weighted by molar-refractivity contribution is 0.472. The fourth-order valence-corrected chi connectivity index (χ4v) is 5.13. The molecule has 0 saturated carbocycles. The number of halogens is 1. The number of nitrogens with zero attached hydrogens (tertiary/aromatic N) is 3. The van der Waals surface area contributed by atoms with Crippen molar-refractivity contribution in [3.63, 3.8) is 0 Å². The van der Waals surface area contributed by atoms with Crippen LogP contribution >= 0.6 is 13.5 Å². The summed E-state index contributed by atoms with van der Waals surface area (Å²) >= 11 is 0. The molecule has 1 aromatic heterocycles. The minimum atomic E-state index is -3.74. The first-order chi connectivity index (χ1) is 13.9. The maximum Gasteiger partial charge on any atom is 0.243 e. The molecule has 0 spiro atoms. The van der Waals surface area contributed by atoms with E-state index >= 15 is 0 Å². The molecule has 158 valence electrons. The van der Waals surface area contributed by atoms with Crippen LogP contribution in [0, 0.1) is 5.82 Å². The highest BCUT2D eigenvalue weighted by Crippen LogP contribution is 2.33. The molecule has 2 heterocycles. The van der Waals surface area contributed by atoms with Gasteiger partial charge in [-0.2, -0.15) is 17.8 Å². The van der Waals surface area contributed by atoms with Gasteiger partial charge in [0.2, 0.25) is 10.0 Å². The zero-order valence-electron chi connectivity index (χ0n) is 16.0. The van der Waals surface area contributed by atoms with Gasteiger partial charge in [-0.05, 0) is 30.2 Å². The van der Waals surface area contributed by atoms with Crippen molar-refractivity contribution in [2.45, 2.75) is 17.4 Å². The molecule has 1 saturated heterocycles. The van der Waals surface area contributed by atoms with Crippen molar-refractivity contribution in [2.75, 3.05) is 18.8 Å². The van der Waals surface area contributed by atoms with Crippen molar-refractivity contribution in [2.24, 2.45) is 5.73 Å². The van der Waals surface area contributed by atoms with E-state index in [0.29, 0.717) is 29.8 Å². The van der Waals surface area contributed by atoms with Crippen LogP contribution in [-0.2, 0) is 10.0 Å². The van der Waals surface area contributed by atoms with E-state index < -0.39 is 15.8 Å². The standard InChI is InChI=1S/C20H20FN5O2S.H2S/c21-17-9-13(5-6-16(17)18-10-25-20(23)11-24-18)15-3-1-2-4-19(15)29(27,28)26-8-7-14(22)12-26;/h1-6,9-11,14H,7-8,12,22H2,(H2,23,25);1H2/t14-;/m0./s1. The van der Waals surface area contributed by atoms with Crippen molar-refractivity contribution in [1.29, 1.82) is 0 Å². The summed E-state index contributed by atoms with van der Waals surface area (Å²) in [6.45, 7) is 0.653. The third kappa shape index (κ3) is 4.17. The number of benzene rings is 2. The zero-order chi connectivity index (χ0) is 20.6. The average Bonchev–Trinajstić information content (AvgIpc) is 3.16. The lowest BCUT2D eigenvalue weighted by Crippen LogP contribution is -2.32. The number of aromatic nitrogens is 2. The lowest BCUT2D eigenvalue weighted by Gasteiger charge is -2.19. The van der Waals surface area contributed by atoms with Crippen LogP contribution in [0.2, 0.25) is 0 Å². The highest BCUT2D eigenvalue weighted by molar-refractivity contribution is 7.89. The Morgan fingerprint density at radius 3 is 2.47 bits per heavy atom. The number of anilines is 1. The van der Waals surface area contributed by atoms with E-state index in [1.807, 2.05) is 0 Å². The Morgan fingerprint density at radius 1 is 1.07 bits per heavy atom. The first-order valence-electron chi connectivity index (χ1n) is 9.09. The van der Waals surface area contributed by atoms with Gasteiger partial charge in [-0.3, -0.25) is 4.98 Å². The smallest absolute Gasteiger partial charge is 0.243 e. The molecule has 4 rings (SSSR count). The summed E-state index contributed by atoms with van der Waals surface area (Å²) in [5, 5.41) is 0. The van der Waals surface area contributed by atoms with E-state index in [9.17, 15) is 12.8 Å². The average molecular weight is 448 g/mol. The van der Waals surface area contributed by atoms with E-state index in [1.165, 1.54) is 28.8 Å². The van der Waals surface area contributed by atoms with Crippen molar-refractivity contribution < 1.29 is 12.8 Å². The molecule has 1 aliphatic heterocycles. The molecule has 0 unspecified atom stereocenters. The Morgan fingerprint density at radius 2 is 1.83 bits per heavy atom. The monoisotopic (exact) mass is 447 g/mol. The highest BCUT2D eigenvalue weighted by atomic mass is 32.2. The van der Waals surface area contributed by atoms with Gasteiger partial charge in [0.15, 0.2) is 0 Å². The van der Waals surface area contributed by atoms with E-state index in [2.05, 4.69) is 9.97 Å². The van der Waals surface area contributed by atoms with Gasteiger partial charge in [0.1, 0.15) is 11.6 Å². The Hall–Kier alpha value is -2.53. The summed E-state index contributed by atoms with van der Waals surface area (Å²) in [6.07, 6.45) is 3.36. The summed E-state index contributed by atoms with van der Waals surface area (Å²) < 4.78 is 42.5. The van der Waals surface area contributed by atoms with Crippen molar-refractivity contribution in [3.8, 4) is 22.4 Å². The number of hydrogen-bond acceptors (Lipinski definition) is 6. The van der Waals surface area contributed by atoms with Crippen LogP contribution in [0.4, 0.5) is 10.2 Å². The molecule has 4 N–H and O–H groups in total. The molecule has 3 aromatic rings. The molecule has 7 nitrogen and oxygen atoms in total. The summed E-state index contributed by atoms with van der Waals surface area (Å²) in [4.78, 5) is 8.15. The largest absolute Gasteiger partial charge is 0.382 e. The third-order valence-electron chi connectivity index (χ3n) is 4.92. The number of sulfonamides is 1. The minimum Gasteiger partial charge on any atom is -0.382 e. The van der Waals surface area contributed by atoms with E-state index in [1.54, 1.807) is 30.3 Å². The van der Waals surface area contributed by atoms with Crippen LogP contribution in [0.5, 0.6) is 0 Å². The molecule has 0 radical (unpaired) electrons. The van der Waals surface area contributed by atoms with Crippen molar-refractivity contribution >= 4 is 29.3 Å². The summed E-state index contributed by atoms with van der Waals surface area (Å²) in [5.41, 5.74) is 12.9. The molecule has 1 aliphatic rings. The molecular weight excluding hydrogens is 425 g/mol. The Kier molecular flexibility index (Phi) is 6.41. The van der Waals surface area contributed by atoms with E-state index in [0.717, 1.165) is 0 Å². The van der Waals surface area contributed by atoms with Crippen LogP contribution in [0.15, 0.2) is 59.8 Å². The van der Waals surface area contributed by atoms with Gasteiger partial charge in [-0.15, -0.1) is 0 Å². The maximum absolute atomic E-state index is 14.8. The maximum atomic E-state index is 14.8. The van der Waals surface area contributed by atoms with Crippen LogP contribution in [0.25, 0.3) is 22.4 Å². The Labute approximate surface area is 181 Å². The van der Waals surface area contributed by atoms with Crippen molar-refractivity contribution in [1.82, 2.24) is 14.3 Å². The minimum absolute atomic E-state index is 0. The Bertz CT molecular complexity index is 1160. The molecule has 0 aliphatic carbocycles. The molecule has 30 heavy (non-hydrogen) atoms. The molecule has 0 amide bonds. The van der Waals surface area contributed by atoms with Gasteiger partial charge in [0.25, 0.3) is 0 Å². The van der Waals surface area contributed by atoms with Gasteiger partial charge in [-0.25, -0.2) is 17.8 Å². The van der Waals surface area contributed by atoms with Gasteiger partial charge >= 0.3 is 0 Å².